The van der Waals surface area contributed by atoms with Gasteiger partial charge in [-0.05, 0) is 23.8 Å². The van der Waals surface area contributed by atoms with Crippen LogP contribution in [0.3, 0.4) is 0 Å². The molecule has 0 amide bonds. The summed E-state index contributed by atoms with van der Waals surface area (Å²) in [6, 6.07) is 16.3. The van der Waals surface area contributed by atoms with Crippen molar-refractivity contribution in [3.05, 3.63) is 67.1 Å². The summed E-state index contributed by atoms with van der Waals surface area (Å²) in [6.45, 7) is 0. The first-order chi connectivity index (χ1) is 12.3. The molecule has 0 unspecified atom stereocenters. The fraction of sp³-hybridized carbons (Fsp3) is 0. The smallest absolute Gasteiger partial charge is 0.176 e. The average Bonchev–Trinajstić information content (AvgIpc) is 3.24. The van der Waals surface area contributed by atoms with Gasteiger partial charge in [-0.15, -0.1) is 11.3 Å². The van der Waals surface area contributed by atoms with Crippen molar-refractivity contribution in [1.29, 1.82) is 0 Å². The third-order valence-corrected chi connectivity index (χ3v) is 5.43. The maximum Gasteiger partial charge on any atom is 0.176 e. The number of pyridine rings is 2. The SMILES string of the molecule is Nc1nccc2cc(-c3c(-c4ccccc4)sc4cnccc34)oc12. The predicted octanol–water partition coefficient (Wildman–Crippen LogP) is 5.35. The van der Waals surface area contributed by atoms with E-state index in [1.54, 1.807) is 17.5 Å². The second kappa shape index (κ2) is 5.43. The molecule has 5 aromatic rings. The summed E-state index contributed by atoms with van der Waals surface area (Å²) in [6.07, 6.45) is 5.41. The van der Waals surface area contributed by atoms with Crippen molar-refractivity contribution in [2.24, 2.45) is 0 Å². The van der Waals surface area contributed by atoms with Crippen LogP contribution in [-0.2, 0) is 0 Å². The highest BCUT2D eigenvalue weighted by Crippen LogP contribution is 2.45. The Labute approximate surface area is 147 Å². The van der Waals surface area contributed by atoms with Crippen LogP contribution in [0.2, 0.25) is 0 Å². The van der Waals surface area contributed by atoms with Crippen molar-refractivity contribution in [1.82, 2.24) is 9.97 Å². The lowest BCUT2D eigenvalue weighted by Crippen LogP contribution is -1.87. The molecule has 5 rings (SSSR count). The van der Waals surface area contributed by atoms with E-state index in [0.717, 1.165) is 37.2 Å². The second-order valence-electron chi connectivity index (χ2n) is 5.77. The van der Waals surface area contributed by atoms with Crippen LogP contribution in [0.25, 0.3) is 42.8 Å². The number of benzene rings is 1. The molecule has 0 aliphatic carbocycles. The van der Waals surface area contributed by atoms with Crippen LogP contribution >= 0.6 is 11.3 Å². The summed E-state index contributed by atoms with van der Waals surface area (Å²) in [5.41, 5.74) is 8.83. The highest BCUT2D eigenvalue weighted by Gasteiger charge is 2.19. The number of hydrogen-bond acceptors (Lipinski definition) is 5. The molecular formula is C20H13N3OS. The molecule has 4 heterocycles. The molecule has 0 saturated heterocycles. The van der Waals surface area contributed by atoms with E-state index in [0.29, 0.717) is 11.4 Å². The normalized spacial score (nSPS) is 11.4. The molecule has 0 saturated carbocycles. The molecule has 0 radical (unpaired) electrons. The van der Waals surface area contributed by atoms with Gasteiger partial charge in [-0.2, -0.15) is 0 Å². The van der Waals surface area contributed by atoms with Gasteiger partial charge in [0.05, 0.1) is 4.70 Å². The quantitative estimate of drug-likeness (QED) is 0.469. The van der Waals surface area contributed by atoms with Crippen molar-refractivity contribution in [2.75, 3.05) is 5.73 Å². The number of thiophene rings is 1. The van der Waals surface area contributed by atoms with Crippen LogP contribution in [0.1, 0.15) is 0 Å². The lowest BCUT2D eigenvalue weighted by atomic mass is 10.0. The van der Waals surface area contributed by atoms with E-state index < -0.39 is 0 Å². The summed E-state index contributed by atoms with van der Waals surface area (Å²) in [5, 5.41) is 2.08. The van der Waals surface area contributed by atoms with Crippen molar-refractivity contribution in [2.45, 2.75) is 0 Å². The molecule has 0 aliphatic rings. The summed E-state index contributed by atoms with van der Waals surface area (Å²) in [7, 11) is 0. The lowest BCUT2D eigenvalue weighted by Gasteiger charge is -2.02. The van der Waals surface area contributed by atoms with E-state index in [1.165, 1.54) is 0 Å². The Hall–Kier alpha value is -3.18. The standard InChI is InChI=1S/C20H13N3OS/c21-20-18-13(6-9-23-20)10-15(24-18)17-14-7-8-22-11-16(14)25-19(17)12-4-2-1-3-5-12/h1-11H,(H2,21,23). The molecule has 4 aromatic heterocycles. The zero-order valence-corrected chi connectivity index (χ0v) is 14.0. The lowest BCUT2D eigenvalue weighted by molar-refractivity contribution is 0.632. The van der Waals surface area contributed by atoms with Gasteiger partial charge in [-0.3, -0.25) is 4.98 Å². The van der Waals surface area contributed by atoms with Crippen LogP contribution in [0.4, 0.5) is 5.82 Å². The monoisotopic (exact) mass is 343 g/mol. The van der Waals surface area contributed by atoms with E-state index in [9.17, 15) is 0 Å². The first-order valence-electron chi connectivity index (χ1n) is 7.87. The van der Waals surface area contributed by atoms with Crippen molar-refractivity contribution in [3.63, 3.8) is 0 Å². The first kappa shape index (κ1) is 14.2. The predicted molar refractivity (Wildman–Crippen MR) is 102 cm³/mol. The van der Waals surface area contributed by atoms with Crippen LogP contribution in [0.5, 0.6) is 0 Å². The van der Waals surface area contributed by atoms with Crippen molar-refractivity contribution >= 4 is 38.2 Å². The van der Waals surface area contributed by atoms with Gasteiger partial charge in [0.2, 0.25) is 0 Å². The highest BCUT2D eigenvalue weighted by atomic mass is 32.1. The van der Waals surface area contributed by atoms with Gasteiger partial charge in [0.1, 0.15) is 5.76 Å². The third kappa shape index (κ3) is 2.21. The molecule has 0 aliphatic heterocycles. The average molecular weight is 343 g/mol. The summed E-state index contributed by atoms with van der Waals surface area (Å²) >= 11 is 1.72. The van der Waals surface area contributed by atoms with E-state index in [1.807, 2.05) is 48.8 Å². The molecule has 120 valence electrons. The van der Waals surface area contributed by atoms with E-state index in [2.05, 4.69) is 22.1 Å². The Balaban J connectivity index is 1.86. The van der Waals surface area contributed by atoms with Gasteiger partial charge in [0.25, 0.3) is 0 Å². The minimum atomic E-state index is 0.409. The van der Waals surface area contributed by atoms with Gasteiger partial charge < -0.3 is 10.2 Å². The van der Waals surface area contributed by atoms with Gasteiger partial charge in [0.15, 0.2) is 11.4 Å². The molecule has 2 N–H and O–H groups in total. The Bertz CT molecular complexity index is 1210. The molecular weight excluding hydrogens is 330 g/mol. The maximum atomic E-state index is 6.11. The number of nitrogen functional groups attached to an aromatic ring is 1. The molecule has 1 aromatic carbocycles. The molecule has 4 nitrogen and oxygen atoms in total. The van der Waals surface area contributed by atoms with Gasteiger partial charge in [0, 0.05) is 39.8 Å². The number of anilines is 1. The summed E-state index contributed by atoms with van der Waals surface area (Å²) in [4.78, 5) is 9.54. The van der Waals surface area contributed by atoms with E-state index in [4.69, 9.17) is 10.2 Å². The Morgan fingerprint density at radius 2 is 1.88 bits per heavy atom. The number of fused-ring (bicyclic) bond motifs is 2. The zero-order valence-electron chi connectivity index (χ0n) is 13.1. The van der Waals surface area contributed by atoms with Crippen LogP contribution in [0.15, 0.2) is 71.5 Å². The van der Waals surface area contributed by atoms with E-state index >= 15 is 0 Å². The number of furan rings is 1. The molecule has 25 heavy (non-hydrogen) atoms. The Morgan fingerprint density at radius 1 is 1.00 bits per heavy atom. The highest BCUT2D eigenvalue weighted by molar-refractivity contribution is 7.23. The largest absolute Gasteiger partial charge is 0.452 e. The number of nitrogens with zero attached hydrogens (tertiary/aromatic N) is 2. The molecule has 0 atom stereocenters. The summed E-state index contributed by atoms with van der Waals surface area (Å²) < 4.78 is 7.24. The zero-order chi connectivity index (χ0) is 16.8. The van der Waals surface area contributed by atoms with Crippen LogP contribution in [0, 0.1) is 0 Å². The molecule has 5 heteroatoms. The van der Waals surface area contributed by atoms with Crippen LogP contribution < -0.4 is 5.73 Å². The van der Waals surface area contributed by atoms with Crippen LogP contribution in [-0.4, -0.2) is 9.97 Å². The molecule has 0 spiro atoms. The minimum Gasteiger partial charge on any atom is -0.452 e. The van der Waals surface area contributed by atoms with Crippen molar-refractivity contribution in [3.8, 4) is 21.8 Å². The number of nitrogens with two attached hydrogens (primary N) is 1. The fourth-order valence-corrected chi connectivity index (χ4v) is 4.28. The van der Waals surface area contributed by atoms with Crippen molar-refractivity contribution < 1.29 is 4.42 Å². The summed E-state index contributed by atoms with van der Waals surface area (Å²) in [5.74, 6) is 1.21. The number of rotatable bonds is 2. The van der Waals surface area contributed by atoms with Gasteiger partial charge in [-0.25, -0.2) is 4.98 Å². The van der Waals surface area contributed by atoms with Gasteiger partial charge in [-0.1, -0.05) is 30.3 Å². The Morgan fingerprint density at radius 3 is 2.72 bits per heavy atom. The topological polar surface area (TPSA) is 64.9 Å². The maximum absolute atomic E-state index is 6.11. The minimum absolute atomic E-state index is 0.409. The second-order valence-corrected chi connectivity index (χ2v) is 6.82. The van der Waals surface area contributed by atoms with Gasteiger partial charge >= 0.3 is 0 Å². The first-order valence-corrected chi connectivity index (χ1v) is 8.69. The number of hydrogen-bond donors (Lipinski definition) is 1. The van der Waals surface area contributed by atoms with E-state index in [-0.39, 0.29) is 0 Å². The number of aromatic nitrogens is 2. The Kier molecular flexibility index (Phi) is 3.08. The molecule has 0 bridgehead atoms. The third-order valence-electron chi connectivity index (χ3n) is 4.24. The fourth-order valence-electron chi connectivity index (χ4n) is 3.10. The molecule has 0 fully saturated rings.